The molecule has 2 aromatic carbocycles. The van der Waals surface area contributed by atoms with Crippen LogP contribution in [0.25, 0.3) is 5.69 Å². The summed E-state index contributed by atoms with van der Waals surface area (Å²) in [5, 5.41) is 14.3. The van der Waals surface area contributed by atoms with Gasteiger partial charge in [-0.05, 0) is 75.6 Å². The standard InChI is InChI=1S/C33H37N5O7S2/c1-7-44-31(41)27-20(4)28(32(42)45-8-2)47-30(27)35-29(40)21(5)46-33-37-36-25(38(33)23-11-9-10-19(3)16-23)18-34-26(39)17-22-12-14-24(43-6)15-13-22/h9-16,21H,7-8,17-18H2,1-6H3,(H,34,39)(H,35,40)/t21-/m1/s1. The Balaban J connectivity index is 1.54. The highest BCUT2D eigenvalue weighted by molar-refractivity contribution is 8.00. The van der Waals surface area contributed by atoms with Crippen molar-refractivity contribution in [2.24, 2.45) is 0 Å². The number of anilines is 1. The summed E-state index contributed by atoms with van der Waals surface area (Å²) in [4.78, 5) is 51.9. The molecular formula is C33H37N5O7S2. The summed E-state index contributed by atoms with van der Waals surface area (Å²) >= 11 is 2.12. The van der Waals surface area contributed by atoms with Crippen molar-refractivity contribution in [1.82, 2.24) is 20.1 Å². The average Bonchev–Trinajstić information content (AvgIpc) is 3.60. The quantitative estimate of drug-likeness (QED) is 0.133. The molecule has 0 aliphatic heterocycles. The van der Waals surface area contributed by atoms with E-state index in [2.05, 4.69) is 20.8 Å². The van der Waals surface area contributed by atoms with Crippen molar-refractivity contribution < 1.29 is 33.4 Å². The second-order valence-electron chi connectivity index (χ2n) is 10.3. The molecule has 14 heteroatoms. The maximum absolute atomic E-state index is 13.5. The van der Waals surface area contributed by atoms with Gasteiger partial charge in [-0.25, -0.2) is 9.59 Å². The Hall–Kier alpha value is -4.69. The van der Waals surface area contributed by atoms with Gasteiger partial charge in [0.15, 0.2) is 11.0 Å². The Morgan fingerprint density at radius 3 is 2.34 bits per heavy atom. The van der Waals surface area contributed by atoms with Crippen LogP contribution in [-0.2, 0) is 32.0 Å². The third-order valence-electron chi connectivity index (χ3n) is 6.90. The summed E-state index contributed by atoms with van der Waals surface area (Å²) in [6.45, 7) is 9.02. The van der Waals surface area contributed by atoms with Crippen molar-refractivity contribution in [3.8, 4) is 11.4 Å². The van der Waals surface area contributed by atoms with Crippen molar-refractivity contribution in [2.45, 2.75) is 58.0 Å². The molecule has 0 saturated carbocycles. The van der Waals surface area contributed by atoms with E-state index < -0.39 is 23.1 Å². The first kappa shape index (κ1) is 35.2. The second kappa shape index (κ2) is 16.2. The maximum atomic E-state index is 13.5. The fourth-order valence-corrected chi connectivity index (χ4v) is 6.53. The Morgan fingerprint density at radius 2 is 1.68 bits per heavy atom. The van der Waals surface area contributed by atoms with Gasteiger partial charge in [0.05, 0.1) is 44.1 Å². The van der Waals surface area contributed by atoms with Gasteiger partial charge in [0.1, 0.15) is 15.6 Å². The minimum atomic E-state index is -0.705. The zero-order valence-electron chi connectivity index (χ0n) is 27.0. The lowest BCUT2D eigenvalue weighted by Gasteiger charge is -2.15. The number of esters is 2. The number of carbonyl (C=O) groups excluding carboxylic acids is 4. The summed E-state index contributed by atoms with van der Waals surface area (Å²) in [6.07, 6.45) is 0.176. The smallest absolute Gasteiger partial charge is 0.348 e. The van der Waals surface area contributed by atoms with Gasteiger partial charge in [-0.1, -0.05) is 36.0 Å². The van der Waals surface area contributed by atoms with E-state index in [0.29, 0.717) is 22.3 Å². The molecule has 4 rings (SSSR count). The molecule has 2 aromatic heterocycles. The number of ether oxygens (including phenoxy) is 3. The second-order valence-corrected chi connectivity index (χ2v) is 12.7. The fourth-order valence-electron chi connectivity index (χ4n) is 4.55. The van der Waals surface area contributed by atoms with E-state index in [0.717, 1.165) is 39.9 Å². The molecule has 0 bridgehead atoms. The van der Waals surface area contributed by atoms with Gasteiger partial charge in [0.2, 0.25) is 11.8 Å². The van der Waals surface area contributed by atoms with Gasteiger partial charge in [-0.15, -0.1) is 21.5 Å². The van der Waals surface area contributed by atoms with E-state index in [1.54, 1.807) is 51.5 Å². The van der Waals surface area contributed by atoms with Crippen LogP contribution in [0.5, 0.6) is 5.75 Å². The van der Waals surface area contributed by atoms with Gasteiger partial charge in [-0.2, -0.15) is 0 Å². The molecule has 0 fully saturated rings. The topological polar surface area (TPSA) is 151 Å². The van der Waals surface area contributed by atoms with Gasteiger partial charge < -0.3 is 24.8 Å². The summed E-state index contributed by atoms with van der Waals surface area (Å²) in [6, 6.07) is 15.0. The number of amides is 2. The normalized spacial score (nSPS) is 11.4. The number of aromatic nitrogens is 3. The van der Waals surface area contributed by atoms with Crippen molar-refractivity contribution in [3.63, 3.8) is 0 Å². The van der Waals surface area contributed by atoms with Crippen LogP contribution in [0.4, 0.5) is 5.00 Å². The van der Waals surface area contributed by atoms with Crippen LogP contribution < -0.4 is 15.4 Å². The largest absolute Gasteiger partial charge is 0.497 e. The highest BCUT2D eigenvalue weighted by Gasteiger charge is 2.29. The van der Waals surface area contributed by atoms with Crippen LogP contribution in [-0.4, -0.2) is 64.1 Å². The van der Waals surface area contributed by atoms with Gasteiger partial charge in [-0.3, -0.25) is 14.2 Å². The van der Waals surface area contributed by atoms with E-state index in [-0.39, 0.29) is 47.5 Å². The molecule has 4 aromatic rings. The van der Waals surface area contributed by atoms with E-state index in [1.807, 2.05) is 43.3 Å². The number of nitrogens with zero attached hydrogens (tertiary/aromatic N) is 3. The number of benzene rings is 2. The molecule has 248 valence electrons. The number of hydrogen-bond acceptors (Lipinski definition) is 11. The number of thiophene rings is 1. The lowest BCUT2D eigenvalue weighted by molar-refractivity contribution is -0.120. The molecule has 0 unspecified atom stereocenters. The molecule has 2 amide bonds. The summed E-state index contributed by atoms with van der Waals surface area (Å²) in [5.41, 5.74) is 3.09. The Bertz CT molecular complexity index is 1750. The minimum Gasteiger partial charge on any atom is -0.497 e. The summed E-state index contributed by atoms with van der Waals surface area (Å²) in [7, 11) is 1.58. The predicted molar refractivity (Wildman–Crippen MR) is 180 cm³/mol. The van der Waals surface area contributed by atoms with Crippen molar-refractivity contribution >= 4 is 51.9 Å². The molecule has 0 spiro atoms. The molecule has 47 heavy (non-hydrogen) atoms. The van der Waals surface area contributed by atoms with Crippen LogP contribution in [0.15, 0.2) is 53.7 Å². The highest BCUT2D eigenvalue weighted by atomic mass is 32.2. The molecule has 1 atom stereocenters. The molecule has 0 saturated heterocycles. The lowest BCUT2D eigenvalue weighted by atomic mass is 10.1. The van der Waals surface area contributed by atoms with Gasteiger partial charge in [0, 0.05) is 5.69 Å². The minimum absolute atomic E-state index is 0.102. The summed E-state index contributed by atoms with van der Waals surface area (Å²) < 4.78 is 17.3. The first-order valence-corrected chi connectivity index (χ1v) is 16.6. The monoisotopic (exact) mass is 679 g/mol. The zero-order valence-corrected chi connectivity index (χ0v) is 28.7. The highest BCUT2D eigenvalue weighted by Crippen LogP contribution is 2.35. The van der Waals surface area contributed by atoms with Crippen LogP contribution in [0.1, 0.15) is 63.3 Å². The number of aryl methyl sites for hydroxylation is 1. The van der Waals surface area contributed by atoms with E-state index in [1.165, 1.54) is 0 Å². The first-order chi connectivity index (χ1) is 22.6. The fraction of sp³-hybridized carbons (Fsp3) is 0.333. The zero-order chi connectivity index (χ0) is 34.1. The summed E-state index contributed by atoms with van der Waals surface area (Å²) in [5.74, 6) is -0.665. The number of rotatable bonds is 14. The first-order valence-electron chi connectivity index (χ1n) is 14.9. The average molecular weight is 680 g/mol. The van der Waals surface area contributed by atoms with Crippen LogP contribution >= 0.6 is 23.1 Å². The third-order valence-corrected chi connectivity index (χ3v) is 9.13. The molecule has 2 heterocycles. The third kappa shape index (κ3) is 8.77. The number of thioether (sulfide) groups is 1. The maximum Gasteiger partial charge on any atom is 0.348 e. The van der Waals surface area contributed by atoms with Gasteiger partial charge in [0.25, 0.3) is 0 Å². The molecule has 0 aliphatic rings. The number of nitrogens with one attached hydrogen (secondary N) is 2. The molecule has 0 radical (unpaired) electrons. The Kier molecular flexibility index (Phi) is 12.1. The van der Waals surface area contributed by atoms with Crippen LogP contribution in [0.3, 0.4) is 0 Å². The predicted octanol–water partition coefficient (Wildman–Crippen LogP) is 5.29. The van der Waals surface area contributed by atoms with Crippen molar-refractivity contribution in [2.75, 3.05) is 25.6 Å². The molecule has 2 N–H and O–H groups in total. The van der Waals surface area contributed by atoms with Crippen LogP contribution in [0.2, 0.25) is 0 Å². The number of hydrogen-bond donors (Lipinski definition) is 2. The van der Waals surface area contributed by atoms with Crippen molar-refractivity contribution in [3.05, 3.63) is 81.5 Å². The van der Waals surface area contributed by atoms with E-state index in [9.17, 15) is 19.2 Å². The number of methoxy groups -OCH3 is 1. The molecule has 12 nitrogen and oxygen atoms in total. The Morgan fingerprint density at radius 1 is 0.979 bits per heavy atom. The lowest BCUT2D eigenvalue weighted by Crippen LogP contribution is -2.26. The van der Waals surface area contributed by atoms with E-state index >= 15 is 0 Å². The van der Waals surface area contributed by atoms with Gasteiger partial charge >= 0.3 is 11.9 Å². The van der Waals surface area contributed by atoms with E-state index in [4.69, 9.17) is 14.2 Å². The van der Waals surface area contributed by atoms with Crippen LogP contribution in [0, 0.1) is 13.8 Å². The number of carbonyl (C=O) groups is 4. The van der Waals surface area contributed by atoms with Crippen molar-refractivity contribution in [1.29, 1.82) is 0 Å². The molecular weight excluding hydrogens is 643 g/mol. The Labute approximate surface area is 281 Å². The SMILES string of the molecule is CCOC(=O)c1sc(NC(=O)[C@@H](C)Sc2nnc(CNC(=O)Cc3ccc(OC)cc3)n2-c2cccc(C)c2)c(C(=O)OCC)c1C. The molecule has 0 aliphatic carbocycles.